The Morgan fingerprint density at radius 2 is 1.61 bits per heavy atom. The maximum atomic E-state index is 13.7. The molecule has 0 amide bonds. The predicted molar refractivity (Wildman–Crippen MR) is 92.0 cm³/mol. The highest BCUT2D eigenvalue weighted by atomic mass is 19.4. The summed E-state index contributed by atoms with van der Waals surface area (Å²) in [5.74, 6) is -1.80. The van der Waals surface area contributed by atoms with Gasteiger partial charge in [-0.15, -0.1) is 0 Å². The van der Waals surface area contributed by atoms with Crippen molar-refractivity contribution in [2.45, 2.75) is 57.2 Å². The highest BCUT2D eigenvalue weighted by Crippen LogP contribution is 2.44. The van der Waals surface area contributed by atoms with Gasteiger partial charge in [0.2, 0.25) is 0 Å². The second kappa shape index (κ2) is 7.46. The molecule has 0 radical (unpaired) electrons. The third kappa shape index (κ3) is 4.37. The first-order valence-electron chi connectivity index (χ1n) is 9.02. The van der Waals surface area contributed by atoms with E-state index in [1.807, 2.05) is 0 Å². The quantitative estimate of drug-likeness (QED) is 0.597. The molecule has 1 unspecified atom stereocenters. The van der Waals surface area contributed by atoms with Crippen molar-refractivity contribution in [2.75, 3.05) is 0 Å². The number of aliphatic hydroxyl groups is 1. The summed E-state index contributed by atoms with van der Waals surface area (Å²) in [4.78, 5) is 0. The molecular formula is C20H20F6O2. The predicted octanol–water partition coefficient (Wildman–Crippen LogP) is 6.41. The summed E-state index contributed by atoms with van der Waals surface area (Å²) >= 11 is 0. The van der Waals surface area contributed by atoms with Gasteiger partial charge in [0.25, 0.3) is 0 Å². The summed E-state index contributed by atoms with van der Waals surface area (Å²) in [6.45, 7) is 1.51. The van der Waals surface area contributed by atoms with E-state index in [0.717, 1.165) is 0 Å². The van der Waals surface area contributed by atoms with Crippen LogP contribution in [0, 0.1) is 5.92 Å². The molecule has 1 N–H and O–H groups in total. The van der Waals surface area contributed by atoms with E-state index < -0.39 is 36.0 Å². The van der Waals surface area contributed by atoms with Crippen LogP contribution in [0.25, 0.3) is 10.8 Å². The van der Waals surface area contributed by atoms with Crippen molar-refractivity contribution in [1.29, 1.82) is 0 Å². The molecule has 28 heavy (non-hydrogen) atoms. The zero-order chi connectivity index (χ0) is 20.7. The van der Waals surface area contributed by atoms with Crippen LogP contribution >= 0.6 is 0 Å². The van der Waals surface area contributed by atoms with Gasteiger partial charge in [-0.3, -0.25) is 0 Å². The van der Waals surface area contributed by atoms with Crippen molar-refractivity contribution in [3.8, 4) is 5.75 Å². The number of rotatable bonds is 3. The molecule has 8 heteroatoms. The summed E-state index contributed by atoms with van der Waals surface area (Å²) in [5.41, 5.74) is -0.458. The number of benzene rings is 2. The summed E-state index contributed by atoms with van der Waals surface area (Å²) in [6.07, 6.45) is -10.7. The Morgan fingerprint density at radius 3 is 2.14 bits per heavy atom. The lowest BCUT2D eigenvalue weighted by Gasteiger charge is -2.31. The smallest absolute Gasteiger partial charge is 0.420 e. The maximum Gasteiger partial charge on any atom is 0.420 e. The first kappa shape index (κ1) is 20.8. The Hall–Kier alpha value is -1.96. The number of fused-ring (bicyclic) bond motifs is 1. The van der Waals surface area contributed by atoms with Gasteiger partial charge < -0.3 is 9.84 Å². The number of aliphatic hydroxyl groups excluding tert-OH is 1. The van der Waals surface area contributed by atoms with Crippen molar-refractivity contribution in [3.05, 3.63) is 41.5 Å². The molecule has 0 aromatic heterocycles. The van der Waals surface area contributed by atoms with Gasteiger partial charge in [0.15, 0.2) is 0 Å². The number of hydrogen-bond donors (Lipinski definition) is 1. The van der Waals surface area contributed by atoms with Crippen LogP contribution in [-0.4, -0.2) is 17.4 Å². The van der Waals surface area contributed by atoms with Gasteiger partial charge in [0.05, 0.1) is 18.1 Å². The van der Waals surface area contributed by atoms with E-state index >= 15 is 0 Å². The Balaban J connectivity index is 1.90. The van der Waals surface area contributed by atoms with E-state index in [1.165, 1.54) is 37.3 Å². The number of halogens is 6. The Labute approximate surface area is 158 Å². The van der Waals surface area contributed by atoms with Crippen molar-refractivity contribution < 1.29 is 36.2 Å². The van der Waals surface area contributed by atoms with Crippen LogP contribution in [0.1, 0.15) is 49.8 Å². The second-order valence-corrected chi connectivity index (χ2v) is 7.23. The highest BCUT2D eigenvalue weighted by Gasteiger charge is 2.42. The van der Waals surface area contributed by atoms with E-state index in [0.29, 0.717) is 10.9 Å². The van der Waals surface area contributed by atoms with Crippen LogP contribution in [0.5, 0.6) is 5.75 Å². The van der Waals surface area contributed by atoms with Crippen LogP contribution < -0.4 is 4.74 Å². The van der Waals surface area contributed by atoms with Crippen molar-refractivity contribution in [1.82, 2.24) is 0 Å². The fraction of sp³-hybridized carbons (Fsp3) is 0.500. The highest BCUT2D eigenvalue weighted by molar-refractivity contribution is 5.89. The molecule has 1 saturated carbocycles. The first-order chi connectivity index (χ1) is 13.0. The summed E-state index contributed by atoms with van der Waals surface area (Å²) in [5, 5.41) is 9.87. The fourth-order valence-electron chi connectivity index (χ4n) is 3.67. The average molecular weight is 406 g/mol. The van der Waals surface area contributed by atoms with Gasteiger partial charge >= 0.3 is 12.4 Å². The molecular weight excluding hydrogens is 386 g/mol. The minimum Gasteiger partial charge on any atom is -0.490 e. The van der Waals surface area contributed by atoms with Gasteiger partial charge in [0, 0.05) is 0 Å². The standard InChI is InChI=1S/C20H20F6O2/c1-11(27)12-2-8-16-13(10-12)3-9-17(18(16)20(24,25)26)28-15-6-4-14(5-7-15)19(21,22)23/h2-3,8-11,14-15,27H,4-7H2,1H3/t11?,14-,15+. The molecule has 1 aliphatic carbocycles. The fourth-order valence-corrected chi connectivity index (χ4v) is 3.67. The molecule has 3 rings (SSSR count). The largest absolute Gasteiger partial charge is 0.490 e. The lowest BCUT2D eigenvalue weighted by atomic mass is 9.87. The van der Waals surface area contributed by atoms with Crippen LogP contribution in [-0.2, 0) is 6.18 Å². The lowest BCUT2D eigenvalue weighted by molar-refractivity contribution is -0.185. The topological polar surface area (TPSA) is 29.5 Å². The third-order valence-corrected chi connectivity index (χ3v) is 5.20. The van der Waals surface area contributed by atoms with E-state index in [2.05, 4.69) is 0 Å². The Morgan fingerprint density at radius 1 is 0.964 bits per heavy atom. The summed E-state index contributed by atoms with van der Waals surface area (Å²) in [6, 6.07) is 6.85. The molecule has 1 atom stereocenters. The molecule has 0 heterocycles. The van der Waals surface area contributed by atoms with Gasteiger partial charge in [0.1, 0.15) is 11.3 Å². The van der Waals surface area contributed by atoms with E-state index in [1.54, 1.807) is 0 Å². The van der Waals surface area contributed by atoms with Gasteiger partial charge in [-0.05, 0) is 61.1 Å². The van der Waals surface area contributed by atoms with Gasteiger partial charge in [-0.2, -0.15) is 26.3 Å². The monoisotopic (exact) mass is 406 g/mol. The van der Waals surface area contributed by atoms with Crippen LogP contribution in [0.15, 0.2) is 30.3 Å². The molecule has 0 aliphatic heterocycles. The Bertz CT molecular complexity index is 833. The molecule has 1 fully saturated rings. The van der Waals surface area contributed by atoms with Crippen molar-refractivity contribution in [3.63, 3.8) is 0 Å². The molecule has 0 saturated heterocycles. The first-order valence-corrected chi connectivity index (χ1v) is 9.02. The number of hydrogen-bond acceptors (Lipinski definition) is 2. The number of ether oxygens (including phenoxy) is 1. The maximum absolute atomic E-state index is 13.7. The van der Waals surface area contributed by atoms with E-state index in [9.17, 15) is 31.4 Å². The Kier molecular flexibility index (Phi) is 5.53. The molecule has 154 valence electrons. The zero-order valence-electron chi connectivity index (χ0n) is 15.1. The van der Waals surface area contributed by atoms with Crippen LogP contribution in [0.4, 0.5) is 26.3 Å². The molecule has 0 spiro atoms. The van der Waals surface area contributed by atoms with E-state index in [-0.39, 0.29) is 36.8 Å². The SMILES string of the molecule is CC(O)c1ccc2c(C(F)(F)F)c(O[C@H]3CC[C@@H](C(F)(F)F)CC3)ccc2c1. The minimum absolute atomic E-state index is 0.0560. The molecule has 2 nitrogen and oxygen atoms in total. The molecule has 2 aromatic carbocycles. The lowest BCUT2D eigenvalue weighted by Crippen LogP contribution is -2.32. The van der Waals surface area contributed by atoms with Crippen molar-refractivity contribution in [2.24, 2.45) is 5.92 Å². The summed E-state index contributed by atoms with van der Waals surface area (Å²) in [7, 11) is 0. The zero-order valence-corrected chi connectivity index (χ0v) is 15.1. The second-order valence-electron chi connectivity index (χ2n) is 7.23. The number of alkyl halides is 6. The molecule has 1 aliphatic rings. The third-order valence-electron chi connectivity index (χ3n) is 5.20. The molecule has 2 aromatic rings. The normalized spacial score (nSPS) is 22.3. The van der Waals surface area contributed by atoms with E-state index in [4.69, 9.17) is 4.74 Å². The average Bonchev–Trinajstić information content (AvgIpc) is 2.59. The van der Waals surface area contributed by atoms with Crippen molar-refractivity contribution >= 4 is 10.8 Å². The summed E-state index contributed by atoms with van der Waals surface area (Å²) < 4.78 is 85.0. The van der Waals surface area contributed by atoms with Crippen LogP contribution in [0.3, 0.4) is 0 Å². The minimum atomic E-state index is -4.69. The van der Waals surface area contributed by atoms with Gasteiger partial charge in [-0.1, -0.05) is 18.2 Å². The van der Waals surface area contributed by atoms with Gasteiger partial charge in [-0.25, -0.2) is 0 Å². The van der Waals surface area contributed by atoms with Crippen LogP contribution in [0.2, 0.25) is 0 Å². The molecule has 0 bridgehead atoms.